The number of carbonyl (C=O) groups is 1. The molecule has 2 aliphatic rings. The van der Waals surface area contributed by atoms with Gasteiger partial charge in [-0.1, -0.05) is 12.1 Å². The number of hydrogen-bond acceptors (Lipinski definition) is 4. The van der Waals surface area contributed by atoms with Crippen molar-refractivity contribution in [2.75, 3.05) is 0 Å². The second kappa shape index (κ2) is 6.33. The maximum absolute atomic E-state index is 13.0. The van der Waals surface area contributed by atoms with Crippen LogP contribution in [-0.2, 0) is 13.0 Å². The molecule has 4 rings (SSSR count). The molecule has 2 atom stereocenters. The fourth-order valence-electron chi connectivity index (χ4n) is 3.57. The number of nitrogens with zero attached hydrogens (tertiary/aromatic N) is 1. The first-order chi connectivity index (χ1) is 12.0. The van der Waals surface area contributed by atoms with E-state index >= 15 is 0 Å². The van der Waals surface area contributed by atoms with E-state index in [-0.39, 0.29) is 17.8 Å². The highest BCUT2D eigenvalue weighted by atomic mass is 32.2. The van der Waals surface area contributed by atoms with Crippen LogP contribution in [0.3, 0.4) is 0 Å². The highest BCUT2D eigenvalue weighted by Crippen LogP contribution is 2.47. The topological polar surface area (TPSA) is 54.6 Å². The summed E-state index contributed by atoms with van der Waals surface area (Å²) in [7, 11) is 0. The second-order valence-electron chi connectivity index (χ2n) is 6.49. The number of hydrogen-bond donors (Lipinski definition) is 1. The van der Waals surface area contributed by atoms with Gasteiger partial charge in [-0.05, 0) is 38.0 Å². The fraction of sp³-hybridized carbons (Fsp3) is 0.368. The molecule has 1 N–H and O–H groups in total. The van der Waals surface area contributed by atoms with E-state index in [1.165, 1.54) is 12.1 Å². The molecule has 2 aromatic rings. The van der Waals surface area contributed by atoms with E-state index < -0.39 is 0 Å². The second-order valence-corrected chi connectivity index (χ2v) is 7.92. The first-order valence-electron chi connectivity index (χ1n) is 8.39. The Morgan fingerprint density at radius 2 is 2.12 bits per heavy atom. The van der Waals surface area contributed by atoms with Crippen molar-refractivity contribution in [3.05, 3.63) is 58.3 Å². The van der Waals surface area contributed by atoms with Crippen molar-refractivity contribution < 1.29 is 13.6 Å². The lowest BCUT2D eigenvalue weighted by molar-refractivity contribution is 0.0920. The molecule has 2 heterocycles. The maximum Gasteiger partial charge on any atom is 0.287 e. The molecule has 0 radical (unpaired) electrons. The average Bonchev–Trinajstić information content (AvgIpc) is 3.13. The van der Waals surface area contributed by atoms with Gasteiger partial charge in [-0.3, -0.25) is 9.79 Å². The molecule has 1 aliphatic carbocycles. The van der Waals surface area contributed by atoms with Gasteiger partial charge in [0.2, 0.25) is 0 Å². The molecule has 1 aliphatic heterocycles. The first kappa shape index (κ1) is 16.4. The molecule has 0 fully saturated rings. The van der Waals surface area contributed by atoms with Crippen LogP contribution in [0.1, 0.15) is 52.4 Å². The monoisotopic (exact) mass is 358 g/mol. The lowest BCUT2D eigenvalue weighted by Gasteiger charge is -2.22. The number of amides is 1. The van der Waals surface area contributed by atoms with Gasteiger partial charge in [-0.15, -0.1) is 11.8 Å². The van der Waals surface area contributed by atoms with Crippen LogP contribution >= 0.6 is 11.8 Å². The molecular weight excluding hydrogens is 339 g/mol. The largest absolute Gasteiger partial charge is 0.455 e. The van der Waals surface area contributed by atoms with Crippen LogP contribution in [0, 0.1) is 12.7 Å². The van der Waals surface area contributed by atoms with Crippen LogP contribution in [0.5, 0.6) is 0 Å². The zero-order chi connectivity index (χ0) is 17.6. The number of halogens is 1. The summed E-state index contributed by atoms with van der Waals surface area (Å²) in [5.74, 6) is 0.742. The van der Waals surface area contributed by atoms with Gasteiger partial charge >= 0.3 is 0 Å². The third-order valence-electron chi connectivity index (χ3n) is 4.79. The Hall–Kier alpha value is -2.08. The molecule has 0 bridgehead atoms. The van der Waals surface area contributed by atoms with Crippen molar-refractivity contribution in [1.82, 2.24) is 5.32 Å². The van der Waals surface area contributed by atoms with Gasteiger partial charge in [0.05, 0.1) is 11.1 Å². The lowest BCUT2D eigenvalue weighted by Crippen LogP contribution is -2.23. The van der Waals surface area contributed by atoms with Gasteiger partial charge in [0, 0.05) is 29.3 Å². The number of thioether (sulfide) groups is 1. The molecular formula is C19H19FN2O2S. The first-order valence-corrected chi connectivity index (χ1v) is 9.26. The van der Waals surface area contributed by atoms with E-state index in [1.54, 1.807) is 12.1 Å². The predicted octanol–water partition coefficient (Wildman–Crippen LogP) is 4.18. The Kier molecular flexibility index (Phi) is 4.15. The Balaban J connectivity index is 1.54. The molecule has 0 saturated carbocycles. The van der Waals surface area contributed by atoms with Crippen molar-refractivity contribution in [3.63, 3.8) is 0 Å². The number of aliphatic imine (C=N–C) groups is 1. The quantitative estimate of drug-likeness (QED) is 0.896. The number of aryl methyl sites for hydroxylation is 1. The molecule has 130 valence electrons. The maximum atomic E-state index is 13.0. The zero-order valence-electron chi connectivity index (χ0n) is 14.1. The van der Waals surface area contributed by atoms with Crippen LogP contribution in [0.25, 0.3) is 0 Å². The third-order valence-corrected chi connectivity index (χ3v) is 6.03. The van der Waals surface area contributed by atoms with Crippen LogP contribution in [0.2, 0.25) is 0 Å². The van der Waals surface area contributed by atoms with E-state index in [4.69, 9.17) is 9.41 Å². The minimum Gasteiger partial charge on any atom is -0.455 e. The van der Waals surface area contributed by atoms with Gasteiger partial charge < -0.3 is 9.73 Å². The normalized spacial score (nSPS) is 21.5. The van der Waals surface area contributed by atoms with Gasteiger partial charge in [0.15, 0.2) is 5.76 Å². The van der Waals surface area contributed by atoms with Crippen LogP contribution in [0.15, 0.2) is 33.7 Å². The third kappa shape index (κ3) is 2.99. The van der Waals surface area contributed by atoms with Crippen LogP contribution in [0.4, 0.5) is 4.39 Å². The number of furan rings is 1. The molecule has 4 nitrogen and oxygen atoms in total. The molecule has 0 spiro atoms. The lowest BCUT2D eigenvalue weighted by atomic mass is 9.90. The molecule has 6 heteroatoms. The van der Waals surface area contributed by atoms with E-state index in [2.05, 4.69) is 5.32 Å². The summed E-state index contributed by atoms with van der Waals surface area (Å²) in [6.45, 7) is 4.31. The summed E-state index contributed by atoms with van der Waals surface area (Å²) in [6, 6.07) is 6.20. The summed E-state index contributed by atoms with van der Waals surface area (Å²) in [4.78, 5) is 17.3. The Morgan fingerprint density at radius 1 is 1.36 bits per heavy atom. The van der Waals surface area contributed by atoms with E-state index in [0.717, 1.165) is 40.3 Å². The van der Waals surface area contributed by atoms with Gasteiger partial charge in [0.1, 0.15) is 11.6 Å². The van der Waals surface area contributed by atoms with Crippen LogP contribution < -0.4 is 5.32 Å². The standard InChI is InChI=1S/C19H19FN2O2S/c1-10-16-14(7-8-15-17(16)22-11(2)25-15)24-18(10)19(23)21-9-12-3-5-13(20)6-4-12/h3-6,15,17H,7-9H2,1-2H3,(H,21,23)/t15-,17-/m1/s1. The molecule has 0 unspecified atom stereocenters. The highest BCUT2D eigenvalue weighted by Gasteiger charge is 2.39. The van der Waals surface area contributed by atoms with Gasteiger partial charge in [0.25, 0.3) is 5.91 Å². The van der Waals surface area contributed by atoms with E-state index in [9.17, 15) is 9.18 Å². The SMILES string of the molecule is CC1=N[C@H]2c3c(oc(C(=O)NCc4ccc(F)cc4)c3C)CC[C@H]2S1. The Bertz CT molecular complexity index is 857. The van der Waals surface area contributed by atoms with Gasteiger partial charge in [-0.2, -0.15) is 0 Å². The molecule has 1 amide bonds. The summed E-state index contributed by atoms with van der Waals surface area (Å²) >= 11 is 1.83. The van der Waals surface area contributed by atoms with E-state index in [1.807, 2.05) is 25.6 Å². The van der Waals surface area contributed by atoms with E-state index in [0.29, 0.717) is 17.6 Å². The summed E-state index contributed by atoms with van der Waals surface area (Å²) in [6.07, 6.45) is 1.87. The van der Waals surface area contributed by atoms with Crippen molar-refractivity contribution in [2.24, 2.45) is 4.99 Å². The predicted molar refractivity (Wildman–Crippen MR) is 96.6 cm³/mol. The number of benzene rings is 1. The van der Waals surface area contributed by atoms with Crippen molar-refractivity contribution in [3.8, 4) is 0 Å². The fourth-order valence-corrected chi connectivity index (χ4v) is 4.75. The average molecular weight is 358 g/mol. The van der Waals surface area contributed by atoms with Crippen molar-refractivity contribution in [1.29, 1.82) is 0 Å². The molecule has 25 heavy (non-hydrogen) atoms. The number of rotatable bonds is 3. The Morgan fingerprint density at radius 3 is 2.88 bits per heavy atom. The Labute approximate surface area is 149 Å². The zero-order valence-corrected chi connectivity index (χ0v) is 15.0. The number of nitrogens with one attached hydrogen (secondary N) is 1. The number of carbonyl (C=O) groups excluding carboxylic acids is 1. The molecule has 1 aromatic heterocycles. The van der Waals surface area contributed by atoms with Crippen molar-refractivity contribution in [2.45, 2.75) is 44.5 Å². The smallest absolute Gasteiger partial charge is 0.287 e. The number of fused-ring (bicyclic) bond motifs is 3. The molecule has 0 saturated heterocycles. The van der Waals surface area contributed by atoms with Crippen molar-refractivity contribution >= 4 is 22.7 Å². The highest BCUT2D eigenvalue weighted by molar-refractivity contribution is 8.14. The minimum absolute atomic E-state index is 0.108. The molecule has 1 aromatic carbocycles. The van der Waals surface area contributed by atoms with Crippen LogP contribution in [-0.4, -0.2) is 16.2 Å². The summed E-state index contributed by atoms with van der Waals surface area (Å²) in [5.41, 5.74) is 2.82. The minimum atomic E-state index is -0.288. The summed E-state index contributed by atoms with van der Waals surface area (Å²) < 4.78 is 18.9. The van der Waals surface area contributed by atoms with Gasteiger partial charge in [-0.25, -0.2) is 4.39 Å². The summed E-state index contributed by atoms with van der Waals surface area (Å²) in [5, 5.41) is 4.42.